The molecule has 3 aliphatic rings. The highest BCUT2D eigenvalue weighted by atomic mass is 16.5. The third kappa shape index (κ3) is 1.46. The molecule has 0 radical (unpaired) electrons. The van der Waals surface area contributed by atoms with Crippen molar-refractivity contribution in [2.24, 2.45) is 0 Å². The first-order valence-corrected chi connectivity index (χ1v) is 6.19. The second-order valence-corrected chi connectivity index (χ2v) is 4.83. The van der Waals surface area contributed by atoms with Crippen molar-refractivity contribution < 1.29 is 19.0 Å². The molecule has 2 unspecified atom stereocenters. The molecule has 2 atom stereocenters. The van der Waals surface area contributed by atoms with Gasteiger partial charge in [-0.25, -0.2) is 0 Å². The minimum absolute atomic E-state index is 0.156. The average molecular weight is 260 g/mol. The molecule has 0 saturated carbocycles. The molecule has 0 N–H and O–H groups in total. The van der Waals surface area contributed by atoms with Gasteiger partial charge in [0.2, 0.25) is 0 Å². The molecular weight excluding hydrogens is 244 g/mol. The fraction of sp³-hybridized carbons (Fsp3) is 0.400. The Kier molecular flexibility index (Phi) is 2.64. The van der Waals surface area contributed by atoms with Gasteiger partial charge in [0.1, 0.15) is 22.9 Å². The molecule has 0 spiro atoms. The number of hydrogen-bond acceptors (Lipinski definition) is 4. The third-order valence-electron chi connectivity index (χ3n) is 4.05. The SMILES string of the molecule is COc1ccc(OC)c2c1C1C=CC2(OC)CC1=O. The summed E-state index contributed by atoms with van der Waals surface area (Å²) in [5.41, 5.74) is 1.08. The van der Waals surface area contributed by atoms with Gasteiger partial charge in [-0.1, -0.05) is 12.2 Å². The fourth-order valence-electron chi connectivity index (χ4n) is 3.13. The van der Waals surface area contributed by atoms with Crippen molar-refractivity contribution >= 4 is 5.78 Å². The number of Topliss-reactive ketones (excluding diaryl/α,β-unsaturated/α-hetero) is 1. The molecule has 0 aromatic heterocycles. The third-order valence-corrected chi connectivity index (χ3v) is 4.05. The summed E-state index contributed by atoms with van der Waals surface area (Å²) >= 11 is 0. The summed E-state index contributed by atoms with van der Waals surface area (Å²) in [4.78, 5) is 12.2. The van der Waals surface area contributed by atoms with Crippen LogP contribution < -0.4 is 9.47 Å². The average Bonchev–Trinajstić information content (AvgIpc) is 2.46. The van der Waals surface area contributed by atoms with Gasteiger partial charge < -0.3 is 14.2 Å². The van der Waals surface area contributed by atoms with Crippen LogP contribution in [-0.2, 0) is 15.1 Å². The molecule has 0 fully saturated rings. The van der Waals surface area contributed by atoms with Crippen LogP contribution in [0, 0.1) is 0 Å². The van der Waals surface area contributed by atoms with Gasteiger partial charge in [-0.05, 0) is 12.1 Å². The molecule has 1 aromatic rings. The number of rotatable bonds is 3. The van der Waals surface area contributed by atoms with E-state index in [1.165, 1.54) is 0 Å². The molecule has 0 heterocycles. The summed E-state index contributed by atoms with van der Waals surface area (Å²) in [6, 6.07) is 3.69. The second-order valence-electron chi connectivity index (χ2n) is 4.83. The van der Waals surface area contributed by atoms with Crippen molar-refractivity contribution in [3.8, 4) is 11.5 Å². The van der Waals surface area contributed by atoms with Crippen LogP contribution >= 0.6 is 0 Å². The number of carbonyl (C=O) groups is 1. The number of carbonyl (C=O) groups excluding carboxylic acids is 1. The molecule has 4 rings (SSSR count). The van der Waals surface area contributed by atoms with Crippen LogP contribution in [0.1, 0.15) is 23.5 Å². The fourth-order valence-corrected chi connectivity index (χ4v) is 3.13. The summed E-state index contributed by atoms with van der Waals surface area (Å²) in [7, 11) is 4.85. The predicted molar refractivity (Wildman–Crippen MR) is 69.7 cm³/mol. The van der Waals surface area contributed by atoms with E-state index < -0.39 is 5.60 Å². The van der Waals surface area contributed by atoms with E-state index in [0.29, 0.717) is 12.2 Å². The topological polar surface area (TPSA) is 44.8 Å². The molecule has 3 aliphatic carbocycles. The number of ketones is 1. The first-order valence-electron chi connectivity index (χ1n) is 6.19. The summed E-state index contributed by atoms with van der Waals surface area (Å²) in [5, 5.41) is 0. The minimum atomic E-state index is -0.721. The van der Waals surface area contributed by atoms with Crippen molar-refractivity contribution in [1.29, 1.82) is 0 Å². The van der Waals surface area contributed by atoms with Crippen molar-refractivity contribution in [3.05, 3.63) is 35.4 Å². The van der Waals surface area contributed by atoms with Crippen LogP contribution in [0.5, 0.6) is 11.5 Å². The lowest BCUT2D eigenvalue weighted by molar-refractivity contribution is -0.127. The summed E-state index contributed by atoms with van der Waals surface area (Å²) < 4.78 is 16.5. The van der Waals surface area contributed by atoms with Crippen LogP contribution in [0.25, 0.3) is 0 Å². The highest BCUT2D eigenvalue weighted by Gasteiger charge is 2.49. The van der Waals surface area contributed by atoms with E-state index in [1.54, 1.807) is 21.3 Å². The summed E-state index contributed by atoms with van der Waals surface area (Å²) in [6.07, 6.45) is 4.21. The van der Waals surface area contributed by atoms with Crippen LogP contribution in [0.4, 0.5) is 0 Å². The maximum absolute atomic E-state index is 12.2. The molecule has 100 valence electrons. The second kappa shape index (κ2) is 4.10. The molecule has 4 heteroatoms. The first-order chi connectivity index (χ1) is 9.16. The monoisotopic (exact) mass is 260 g/mol. The van der Waals surface area contributed by atoms with Gasteiger partial charge in [-0.3, -0.25) is 4.79 Å². The van der Waals surface area contributed by atoms with Crippen LogP contribution in [0.15, 0.2) is 24.3 Å². The van der Waals surface area contributed by atoms with E-state index in [-0.39, 0.29) is 11.7 Å². The highest BCUT2D eigenvalue weighted by molar-refractivity contribution is 5.94. The van der Waals surface area contributed by atoms with Gasteiger partial charge in [0, 0.05) is 24.7 Å². The lowest BCUT2D eigenvalue weighted by Crippen LogP contribution is -2.41. The zero-order valence-corrected chi connectivity index (χ0v) is 11.2. The standard InChI is InChI=1S/C15H16O4/c1-17-11-4-5-12(18-2)14-13(11)9-6-7-15(14,19-3)8-10(9)16/h4-7,9H,8H2,1-3H3. The Bertz CT molecular complexity index is 576. The van der Waals surface area contributed by atoms with Gasteiger partial charge in [0.25, 0.3) is 0 Å². The van der Waals surface area contributed by atoms with Crippen molar-refractivity contribution in [1.82, 2.24) is 0 Å². The van der Waals surface area contributed by atoms with Crippen molar-refractivity contribution in [2.75, 3.05) is 21.3 Å². The predicted octanol–water partition coefficient (Wildman–Crippen LogP) is 2.17. The maximum atomic E-state index is 12.2. The van der Waals surface area contributed by atoms with Gasteiger partial charge in [0.05, 0.1) is 20.1 Å². The Labute approximate surface area is 112 Å². The van der Waals surface area contributed by atoms with E-state index in [2.05, 4.69) is 0 Å². The maximum Gasteiger partial charge on any atom is 0.147 e. The quantitative estimate of drug-likeness (QED) is 0.781. The minimum Gasteiger partial charge on any atom is -0.496 e. The summed E-state index contributed by atoms with van der Waals surface area (Å²) in [5.74, 6) is 1.35. The number of hydrogen-bond donors (Lipinski definition) is 0. The van der Waals surface area contributed by atoms with Crippen molar-refractivity contribution in [2.45, 2.75) is 17.9 Å². The van der Waals surface area contributed by atoms with E-state index in [0.717, 1.165) is 16.9 Å². The van der Waals surface area contributed by atoms with E-state index >= 15 is 0 Å². The van der Waals surface area contributed by atoms with E-state index in [9.17, 15) is 4.79 Å². The largest absolute Gasteiger partial charge is 0.496 e. The number of fused-ring (bicyclic) bond motifs is 1. The zero-order chi connectivity index (χ0) is 13.6. The highest BCUT2D eigenvalue weighted by Crippen LogP contribution is 2.53. The van der Waals surface area contributed by atoms with Crippen LogP contribution in [0.2, 0.25) is 0 Å². The van der Waals surface area contributed by atoms with Gasteiger partial charge in [0.15, 0.2) is 0 Å². The summed E-state index contributed by atoms with van der Waals surface area (Å²) in [6.45, 7) is 0. The van der Waals surface area contributed by atoms with Crippen LogP contribution in [-0.4, -0.2) is 27.1 Å². The number of allylic oxidation sites excluding steroid dienone is 1. The molecule has 4 nitrogen and oxygen atoms in total. The lowest BCUT2D eigenvalue weighted by atomic mass is 9.67. The molecule has 1 aromatic carbocycles. The lowest BCUT2D eigenvalue weighted by Gasteiger charge is -2.42. The Hall–Kier alpha value is -1.81. The van der Waals surface area contributed by atoms with Crippen LogP contribution in [0.3, 0.4) is 0 Å². The normalized spacial score (nSPS) is 27.3. The van der Waals surface area contributed by atoms with Gasteiger partial charge in [-0.15, -0.1) is 0 Å². The molecule has 0 aliphatic heterocycles. The molecular formula is C15H16O4. The smallest absolute Gasteiger partial charge is 0.147 e. The van der Waals surface area contributed by atoms with Crippen molar-refractivity contribution in [3.63, 3.8) is 0 Å². The molecule has 2 bridgehead atoms. The number of benzene rings is 1. The van der Waals surface area contributed by atoms with E-state index in [1.807, 2.05) is 24.3 Å². The number of ether oxygens (including phenoxy) is 3. The Morgan fingerprint density at radius 1 is 1.16 bits per heavy atom. The molecule has 0 saturated heterocycles. The Morgan fingerprint density at radius 3 is 2.42 bits per heavy atom. The van der Waals surface area contributed by atoms with E-state index in [4.69, 9.17) is 14.2 Å². The molecule has 19 heavy (non-hydrogen) atoms. The Balaban J connectivity index is 2.35. The van der Waals surface area contributed by atoms with Gasteiger partial charge in [-0.2, -0.15) is 0 Å². The number of methoxy groups -OCH3 is 3. The Morgan fingerprint density at radius 2 is 1.84 bits per heavy atom. The van der Waals surface area contributed by atoms with Gasteiger partial charge >= 0.3 is 0 Å². The molecule has 0 amide bonds. The zero-order valence-electron chi connectivity index (χ0n) is 11.2. The first kappa shape index (κ1) is 12.2.